The number of hydrogen-bond donors (Lipinski definition) is 4. The number of nitrogens with zero attached hydrogens (tertiary/aromatic N) is 6. The number of benzene rings is 2. The first-order valence-corrected chi connectivity index (χ1v) is 16.2. The van der Waals surface area contributed by atoms with Gasteiger partial charge in [0.25, 0.3) is 0 Å². The average molecular weight is 684 g/mol. The first-order chi connectivity index (χ1) is 23.5. The van der Waals surface area contributed by atoms with Crippen LogP contribution in [-0.2, 0) is 24.4 Å². The van der Waals surface area contributed by atoms with Gasteiger partial charge >= 0.3 is 0 Å². The summed E-state index contributed by atoms with van der Waals surface area (Å²) in [4.78, 5) is 20.9. The van der Waals surface area contributed by atoms with Crippen molar-refractivity contribution in [1.82, 2.24) is 51.1 Å². The van der Waals surface area contributed by atoms with Crippen LogP contribution < -0.4 is 20.7 Å². The van der Waals surface area contributed by atoms with Crippen LogP contribution in [-0.4, -0.2) is 60.8 Å². The van der Waals surface area contributed by atoms with Crippen molar-refractivity contribution in [2.75, 3.05) is 13.7 Å². The van der Waals surface area contributed by atoms with Gasteiger partial charge in [-0.2, -0.15) is 15.4 Å². The lowest BCUT2D eigenvalue weighted by Crippen LogP contribution is -2.35. The van der Waals surface area contributed by atoms with Crippen LogP contribution in [0.2, 0.25) is 10.0 Å². The number of halogens is 2. The number of nitrogens with one attached hydrogen (secondary N) is 4. The van der Waals surface area contributed by atoms with E-state index in [1.807, 2.05) is 60.9 Å². The van der Waals surface area contributed by atoms with Crippen molar-refractivity contribution in [2.24, 2.45) is 0 Å². The molecule has 0 aliphatic carbocycles. The molecule has 1 saturated heterocycles. The van der Waals surface area contributed by atoms with Gasteiger partial charge < -0.3 is 20.7 Å². The Morgan fingerprint density at radius 1 is 0.979 bits per heavy atom. The van der Waals surface area contributed by atoms with Crippen molar-refractivity contribution in [3.8, 4) is 34.0 Å². The summed E-state index contributed by atoms with van der Waals surface area (Å²) in [5, 5.41) is 26.8. The van der Waals surface area contributed by atoms with Gasteiger partial charge in [0.1, 0.15) is 0 Å². The van der Waals surface area contributed by atoms with E-state index in [4.69, 9.17) is 38.0 Å². The van der Waals surface area contributed by atoms with Gasteiger partial charge in [-0.15, -0.1) is 5.10 Å². The molecule has 0 saturated carbocycles. The van der Waals surface area contributed by atoms with Crippen LogP contribution in [0.1, 0.15) is 29.7 Å². The van der Waals surface area contributed by atoms with Crippen LogP contribution in [0.25, 0.3) is 39.1 Å². The summed E-state index contributed by atoms with van der Waals surface area (Å²) >= 11 is 14.1. The Morgan fingerprint density at radius 3 is 2.60 bits per heavy atom. The fraction of sp³-hybridized carbons (Fsp3) is 0.235. The Bertz CT molecular complexity index is 2080. The number of fused-ring (bicyclic) bond motifs is 1. The summed E-state index contributed by atoms with van der Waals surface area (Å²) in [5.74, 6) is 0.605. The fourth-order valence-corrected chi connectivity index (χ4v) is 6.45. The van der Waals surface area contributed by atoms with Crippen LogP contribution in [0, 0.1) is 0 Å². The molecule has 0 bridgehead atoms. The van der Waals surface area contributed by atoms with Crippen molar-refractivity contribution >= 4 is 40.1 Å². The number of amides is 1. The quantitative estimate of drug-likeness (QED) is 0.136. The number of rotatable bonds is 12. The van der Waals surface area contributed by atoms with Crippen LogP contribution in [0.4, 0.5) is 0 Å². The summed E-state index contributed by atoms with van der Waals surface area (Å²) in [6.07, 6.45) is 6.83. The van der Waals surface area contributed by atoms with E-state index >= 15 is 0 Å². The van der Waals surface area contributed by atoms with E-state index in [1.165, 1.54) is 0 Å². The topological polar surface area (TPSA) is 148 Å². The van der Waals surface area contributed by atoms with Crippen LogP contribution in [0.3, 0.4) is 0 Å². The van der Waals surface area contributed by atoms with Crippen molar-refractivity contribution in [2.45, 2.75) is 38.5 Å². The number of carbonyl (C=O) groups excluding carboxylic acids is 1. The third-order valence-corrected chi connectivity index (χ3v) is 9.03. The number of methoxy groups -OCH3 is 1. The van der Waals surface area contributed by atoms with E-state index in [0.29, 0.717) is 65.6 Å². The van der Waals surface area contributed by atoms with Crippen LogP contribution in [0.5, 0.6) is 5.88 Å². The van der Waals surface area contributed by atoms with Gasteiger partial charge in [-0.25, -0.2) is 14.6 Å². The molecular weight excluding hydrogens is 651 g/mol. The summed E-state index contributed by atoms with van der Waals surface area (Å²) in [6, 6.07) is 17.7. The number of pyridine rings is 2. The monoisotopic (exact) mass is 682 g/mol. The first kappa shape index (κ1) is 31.7. The Hall–Kier alpha value is -4.88. The number of aromatic amines is 1. The van der Waals surface area contributed by atoms with Gasteiger partial charge in [0.15, 0.2) is 5.65 Å². The zero-order valence-corrected chi connectivity index (χ0v) is 27.5. The number of aromatic nitrogens is 7. The maximum atomic E-state index is 11.5. The molecule has 1 aliphatic rings. The maximum Gasteiger partial charge on any atom is 0.220 e. The van der Waals surface area contributed by atoms with Gasteiger partial charge in [0, 0.05) is 78.7 Å². The van der Waals surface area contributed by atoms with Gasteiger partial charge in [-0.05, 0) is 30.2 Å². The van der Waals surface area contributed by atoms with Crippen LogP contribution >= 0.6 is 23.2 Å². The molecule has 7 rings (SSSR count). The molecule has 1 fully saturated rings. The Balaban J connectivity index is 1.11. The largest absolute Gasteiger partial charge is 0.481 e. The van der Waals surface area contributed by atoms with E-state index in [1.54, 1.807) is 18.0 Å². The molecule has 14 heteroatoms. The molecule has 0 radical (unpaired) electrons. The Morgan fingerprint density at radius 2 is 1.81 bits per heavy atom. The highest BCUT2D eigenvalue weighted by Gasteiger charge is 2.21. The second kappa shape index (κ2) is 14.1. The smallest absolute Gasteiger partial charge is 0.220 e. The standard InChI is InChI=1S/C34H32Cl2N10O2/c1-48-34-21(15-38-16-23-9-11-30(47)41-23)8-10-28(42-34)27-6-2-4-25(31(27)35)26-5-3-7-29(32(26)36)46-19-22-12-20(14-39-33(22)44-46)13-37-17-24-18-40-45-43-24/h2-8,10,12,14,18-19,23,37-38H,9,11,13,15-17H2,1H3,(H,41,47)(H,40,43,45)/t23-/m0/s1. The summed E-state index contributed by atoms with van der Waals surface area (Å²) < 4.78 is 7.39. The van der Waals surface area contributed by atoms with E-state index in [0.717, 1.165) is 45.3 Å². The second-order valence-electron chi connectivity index (χ2n) is 11.5. The molecule has 4 N–H and O–H groups in total. The minimum Gasteiger partial charge on any atom is -0.481 e. The SMILES string of the molecule is COc1nc(-c2cccc(-c3cccc(-n4cc5cc(CNCc6cn[nH]n6)cnc5n4)c3Cl)c2Cl)ccc1CNC[C@@H]1CCC(=O)N1. The summed E-state index contributed by atoms with van der Waals surface area (Å²) in [7, 11) is 1.60. The highest BCUT2D eigenvalue weighted by atomic mass is 35.5. The zero-order chi connectivity index (χ0) is 33.0. The number of hydrogen-bond acceptors (Lipinski definition) is 9. The Kier molecular flexibility index (Phi) is 9.30. The van der Waals surface area contributed by atoms with E-state index in [-0.39, 0.29) is 11.9 Å². The van der Waals surface area contributed by atoms with E-state index < -0.39 is 0 Å². The fourth-order valence-electron chi connectivity index (χ4n) is 5.81. The highest BCUT2D eigenvalue weighted by molar-refractivity contribution is 6.39. The minimum atomic E-state index is 0.101. The molecule has 1 aliphatic heterocycles. The molecule has 4 aromatic heterocycles. The van der Waals surface area contributed by atoms with Gasteiger partial charge in [-0.3, -0.25) is 4.79 Å². The third-order valence-electron chi connectivity index (χ3n) is 8.23. The lowest BCUT2D eigenvalue weighted by molar-refractivity contribution is -0.119. The number of carbonyl (C=O) groups is 1. The predicted molar refractivity (Wildman–Crippen MR) is 184 cm³/mol. The Labute approximate surface area is 286 Å². The number of H-pyrrole nitrogens is 1. The predicted octanol–water partition coefficient (Wildman–Crippen LogP) is 5.24. The zero-order valence-electron chi connectivity index (χ0n) is 26.0. The minimum absolute atomic E-state index is 0.101. The van der Waals surface area contributed by atoms with Gasteiger partial charge in [0.2, 0.25) is 11.8 Å². The van der Waals surface area contributed by atoms with Crippen molar-refractivity contribution < 1.29 is 9.53 Å². The van der Waals surface area contributed by atoms with Crippen molar-refractivity contribution in [3.05, 3.63) is 100 Å². The van der Waals surface area contributed by atoms with Crippen LogP contribution in [0.15, 0.2) is 73.2 Å². The summed E-state index contributed by atoms with van der Waals surface area (Å²) in [6.45, 7) is 2.45. The number of ether oxygens (including phenoxy) is 1. The van der Waals surface area contributed by atoms with Crippen molar-refractivity contribution in [1.29, 1.82) is 0 Å². The second-order valence-corrected chi connectivity index (χ2v) is 12.3. The van der Waals surface area contributed by atoms with Gasteiger partial charge in [-0.1, -0.05) is 59.6 Å². The molecule has 5 heterocycles. The third kappa shape index (κ3) is 6.74. The molecule has 1 amide bonds. The average Bonchev–Trinajstić information content (AvgIpc) is 3.87. The van der Waals surface area contributed by atoms with E-state index in [2.05, 4.69) is 42.4 Å². The molecular formula is C34H32Cl2N10O2. The molecule has 48 heavy (non-hydrogen) atoms. The molecule has 1 atom stereocenters. The highest BCUT2D eigenvalue weighted by Crippen LogP contribution is 2.41. The van der Waals surface area contributed by atoms with Gasteiger partial charge in [0.05, 0.1) is 40.4 Å². The lowest BCUT2D eigenvalue weighted by Gasteiger charge is -2.15. The summed E-state index contributed by atoms with van der Waals surface area (Å²) in [5.41, 5.74) is 7.03. The maximum absolute atomic E-state index is 11.5. The van der Waals surface area contributed by atoms with E-state index in [9.17, 15) is 4.79 Å². The normalized spacial score (nSPS) is 14.5. The lowest BCUT2D eigenvalue weighted by atomic mass is 10.00. The van der Waals surface area contributed by atoms with Crippen molar-refractivity contribution in [3.63, 3.8) is 0 Å². The molecule has 12 nitrogen and oxygen atoms in total. The molecule has 6 aromatic rings. The molecule has 244 valence electrons. The molecule has 0 spiro atoms. The molecule has 2 aromatic carbocycles. The molecule has 0 unspecified atom stereocenters. The first-order valence-electron chi connectivity index (χ1n) is 15.5.